The van der Waals surface area contributed by atoms with E-state index in [0.29, 0.717) is 0 Å². The summed E-state index contributed by atoms with van der Waals surface area (Å²) >= 11 is 5.82. The van der Waals surface area contributed by atoms with Crippen LogP contribution in [0.25, 0.3) is 0 Å². The van der Waals surface area contributed by atoms with Crippen LogP contribution in [-0.4, -0.2) is 26.1 Å². The van der Waals surface area contributed by atoms with E-state index in [0.717, 1.165) is 11.0 Å². The lowest BCUT2D eigenvalue weighted by molar-refractivity contribution is -0.117. The molecule has 0 saturated carbocycles. The zero-order valence-corrected chi connectivity index (χ0v) is 10.7. The maximum absolute atomic E-state index is 13.6. The second kappa shape index (κ2) is 4.49. The van der Waals surface area contributed by atoms with Crippen LogP contribution in [0.4, 0.5) is 10.1 Å². The third-order valence-electron chi connectivity index (χ3n) is 2.76. The molecule has 1 saturated heterocycles. The van der Waals surface area contributed by atoms with Crippen molar-refractivity contribution in [1.82, 2.24) is 0 Å². The van der Waals surface area contributed by atoms with Crippen molar-refractivity contribution in [2.45, 2.75) is 11.7 Å². The van der Waals surface area contributed by atoms with Crippen LogP contribution < -0.4 is 10.0 Å². The van der Waals surface area contributed by atoms with Crippen LogP contribution in [0.1, 0.15) is 6.42 Å². The van der Waals surface area contributed by atoms with Gasteiger partial charge in [-0.25, -0.2) is 17.9 Å². The predicted octanol–water partition coefficient (Wildman–Crippen LogP) is 0.873. The van der Waals surface area contributed by atoms with E-state index in [2.05, 4.69) is 0 Å². The highest BCUT2D eigenvalue weighted by molar-refractivity contribution is 7.89. The van der Waals surface area contributed by atoms with Crippen molar-refractivity contribution in [3.63, 3.8) is 0 Å². The number of rotatable bonds is 2. The van der Waals surface area contributed by atoms with Gasteiger partial charge in [0.1, 0.15) is 11.1 Å². The minimum absolute atomic E-state index is 0.0541. The number of amides is 1. The van der Waals surface area contributed by atoms with E-state index in [4.69, 9.17) is 16.7 Å². The number of sulfonamides is 1. The molecule has 1 amide bonds. The van der Waals surface area contributed by atoms with Gasteiger partial charge in [0.2, 0.25) is 15.9 Å². The van der Waals surface area contributed by atoms with E-state index in [-0.39, 0.29) is 23.7 Å². The van der Waals surface area contributed by atoms with Gasteiger partial charge in [0.05, 0.1) is 10.7 Å². The largest absolute Gasteiger partial charge is 0.307 e. The normalized spacial score (nSPS) is 20.5. The Labute approximate surface area is 108 Å². The third-order valence-corrected chi connectivity index (χ3v) is 4.31. The average Bonchev–Trinajstić information content (AvgIpc) is 2.60. The fraction of sp³-hybridized carbons (Fsp3) is 0.300. The minimum Gasteiger partial charge on any atom is -0.307 e. The molecule has 1 aliphatic heterocycles. The molecule has 98 valence electrons. The van der Waals surface area contributed by atoms with E-state index < -0.39 is 27.0 Å². The number of nitrogens with two attached hydrogens (primary N) is 1. The molecule has 1 aromatic carbocycles. The Balaban J connectivity index is 2.39. The Hall–Kier alpha value is -1.18. The van der Waals surface area contributed by atoms with Crippen LogP contribution in [0.15, 0.2) is 18.2 Å². The highest BCUT2D eigenvalue weighted by Gasteiger charge is 2.38. The van der Waals surface area contributed by atoms with Crippen molar-refractivity contribution in [2.75, 3.05) is 11.4 Å². The molecule has 0 aliphatic carbocycles. The summed E-state index contributed by atoms with van der Waals surface area (Å²) in [6.45, 7) is -0.182. The zero-order valence-electron chi connectivity index (χ0n) is 9.14. The molecule has 1 atom stereocenters. The monoisotopic (exact) mass is 292 g/mol. The van der Waals surface area contributed by atoms with Crippen LogP contribution in [-0.2, 0) is 14.8 Å². The smallest absolute Gasteiger partial charge is 0.228 e. The first-order valence-electron chi connectivity index (χ1n) is 5.06. The van der Waals surface area contributed by atoms with Gasteiger partial charge in [-0.3, -0.25) is 4.79 Å². The predicted molar refractivity (Wildman–Crippen MR) is 65.3 cm³/mol. The van der Waals surface area contributed by atoms with Crippen molar-refractivity contribution in [3.05, 3.63) is 29.0 Å². The Bertz CT molecular complexity index is 585. The maximum atomic E-state index is 13.6. The molecule has 0 aromatic heterocycles. The van der Waals surface area contributed by atoms with Gasteiger partial charge >= 0.3 is 0 Å². The van der Waals surface area contributed by atoms with Gasteiger partial charge in [-0.2, -0.15) is 0 Å². The molecule has 1 fully saturated rings. The molecule has 2 rings (SSSR count). The number of halogens is 2. The molecule has 5 nitrogen and oxygen atoms in total. The number of primary sulfonamides is 1. The van der Waals surface area contributed by atoms with Gasteiger partial charge in [-0.15, -0.1) is 0 Å². The summed E-state index contributed by atoms with van der Waals surface area (Å²) in [6, 6.07) is 3.98. The number of carbonyl (C=O) groups excluding carboxylic acids is 1. The van der Waals surface area contributed by atoms with E-state index >= 15 is 0 Å². The SMILES string of the molecule is NS(=O)(=O)C1CC(=O)N(c2c(F)cccc2Cl)C1. The fourth-order valence-corrected chi connectivity index (χ4v) is 2.85. The molecule has 1 heterocycles. The Kier molecular flexibility index (Phi) is 3.31. The summed E-state index contributed by atoms with van der Waals surface area (Å²) < 4.78 is 36.0. The minimum atomic E-state index is -3.83. The lowest BCUT2D eigenvalue weighted by atomic mass is 10.3. The molecule has 18 heavy (non-hydrogen) atoms. The van der Waals surface area contributed by atoms with E-state index in [1.165, 1.54) is 12.1 Å². The first kappa shape index (κ1) is 13.3. The van der Waals surface area contributed by atoms with Crippen LogP contribution >= 0.6 is 11.6 Å². The molecule has 8 heteroatoms. The summed E-state index contributed by atoms with van der Waals surface area (Å²) in [5.74, 6) is -1.19. The number of hydrogen-bond donors (Lipinski definition) is 1. The first-order valence-corrected chi connectivity index (χ1v) is 7.05. The number of benzene rings is 1. The number of carbonyl (C=O) groups is 1. The quantitative estimate of drug-likeness (QED) is 0.878. The topological polar surface area (TPSA) is 80.5 Å². The highest BCUT2D eigenvalue weighted by Crippen LogP contribution is 2.32. The lowest BCUT2D eigenvalue weighted by Crippen LogP contribution is -2.32. The standard InChI is InChI=1S/C10H10ClFN2O3S/c11-7-2-1-3-8(12)10(7)14-5-6(4-9(14)15)18(13,16)17/h1-3,6H,4-5H2,(H2,13,16,17). The van der Waals surface area contributed by atoms with Crippen molar-refractivity contribution >= 4 is 33.2 Å². The average molecular weight is 293 g/mol. The van der Waals surface area contributed by atoms with E-state index in [1.54, 1.807) is 0 Å². The van der Waals surface area contributed by atoms with E-state index in [1.807, 2.05) is 0 Å². The lowest BCUT2D eigenvalue weighted by Gasteiger charge is -2.18. The van der Waals surface area contributed by atoms with Gasteiger partial charge < -0.3 is 4.90 Å². The molecule has 2 N–H and O–H groups in total. The Morgan fingerprint density at radius 3 is 2.61 bits per heavy atom. The summed E-state index contributed by atoms with van der Waals surface area (Å²) in [5, 5.41) is 4.01. The molecule has 0 spiro atoms. The summed E-state index contributed by atoms with van der Waals surface area (Å²) in [4.78, 5) is 12.7. The third kappa shape index (κ3) is 2.33. The number of para-hydroxylation sites is 1. The molecule has 1 aromatic rings. The summed E-state index contributed by atoms with van der Waals surface area (Å²) in [7, 11) is -3.83. The number of anilines is 1. The molecule has 1 unspecified atom stereocenters. The fourth-order valence-electron chi connectivity index (χ4n) is 1.86. The number of nitrogens with zero attached hydrogens (tertiary/aromatic N) is 1. The van der Waals surface area contributed by atoms with Crippen LogP contribution in [0.2, 0.25) is 5.02 Å². The van der Waals surface area contributed by atoms with Gasteiger partial charge in [0.25, 0.3) is 0 Å². The Morgan fingerprint density at radius 2 is 2.11 bits per heavy atom. The summed E-state index contributed by atoms with van der Waals surface area (Å²) in [5.41, 5.74) is -0.102. The molecular formula is C10H10ClFN2O3S. The molecule has 0 bridgehead atoms. The van der Waals surface area contributed by atoms with Crippen LogP contribution in [0, 0.1) is 5.82 Å². The molecular weight excluding hydrogens is 283 g/mol. The first-order chi connectivity index (χ1) is 8.30. The van der Waals surface area contributed by atoms with Crippen molar-refractivity contribution < 1.29 is 17.6 Å². The van der Waals surface area contributed by atoms with Crippen molar-refractivity contribution in [3.8, 4) is 0 Å². The van der Waals surface area contributed by atoms with Crippen LogP contribution in [0.3, 0.4) is 0 Å². The van der Waals surface area contributed by atoms with Gasteiger partial charge in [0.15, 0.2) is 0 Å². The second-order valence-electron chi connectivity index (χ2n) is 3.99. The van der Waals surface area contributed by atoms with Crippen molar-refractivity contribution in [2.24, 2.45) is 5.14 Å². The highest BCUT2D eigenvalue weighted by atomic mass is 35.5. The van der Waals surface area contributed by atoms with Crippen LogP contribution in [0.5, 0.6) is 0 Å². The van der Waals surface area contributed by atoms with E-state index in [9.17, 15) is 17.6 Å². The zero-order chi connectivity index (χ0) is 13.5. The van der Waals surface area contributed by atoms with Gasteiger partial charge in [-0.05, 0) is 12.1 Å². The second-order valence-corrected chi connectivity index (χ2v) is 6.24. The number of hydrogen-bond acceptors (Lipinski definition) is 3. The Morgan fingerprint density at radius 1 is 1.44 bits per heavy atom. The molecule has 1 aliphatic rings. The summed E-state index contributed by atoms with van der Waals surface area (Å²) in [6.07, 6.45) is -0.260. The maximum Gasteiger partial charge on any atom is 0.228 e. The van der Waals surface area contributed by atoms with Crippen molar-refractivity contribution in [1.29, 1.82) is 0 Å². The van der Waals surface area contributed by atoms with Gasteiger partial charge in [0, 0.05) is 13.0 Å². The molecule has 0 radical (unpaired) electrons. The van der Waals surface area contributed by atoms with Gasteiger partial charge in [-0.1, -0.05) is 17.7 Å².